The third-order valence-electron chi connectivity index (χ3n) is 4.53. The number of nitro groups is 1. The molecular weight excluding hydrogens is 372 g/mol. The summed E-state index contributed by atoms with van der Waals surface area (Å²) in [5.41, 5.74) is -2.10. The molecule has 11 heteroatoms. The fraction of sp³-hybridized carbons (Fsp3) is 0.0625. The molecule has 2 aromatic rings. The third kappa shape index (κ3) is 2.41. The maximum absolute atomic E-state index is 14.7. The summed E-state index contributed by atoms with van der Waals surface area (Å²) in [5, 5.41) is 11.4. The van der Waals surface area contributed by atoms with Gasteiger partial charge >= 0.3 is 13.1 Å². The lowest BCUT2D eigenvalue weighted by Gasteiger charge is -2.30. The average Bonchev–Trinajstić information content (AvgIpc) is 3.24. The fourth-order valence-electron chi connectivity index (χ4n) is 3.36. The molecule has 2 aliphatic heterocycles. The van der Waals surface area contributed by atoms with Gasteiger partial charge < -0.3 is 17.6 Å². The van der Waals surface area contributed by atoms with Gasteiger partial charge in [-0.2, -0.15) is 13.2 Å². The molecule has 3 heterocycles. The Hall–Kier alpha value is -3.24. The van der Waals surface area contributed by atoms with Crippen molar-refractivity contribution < 1.29 is 31.2 Å². The first-order valence-electron chi connectivity index (χ1n) is 7.72. The van der Waals surface area contributed by atoms with Crippen LogP contribution in [0.25, 0.3) is 5.57 Å². The SMILES string of the molecule is O=[N+]([O-])c1cc(C(F)(F)F)ccc1C1=C2C=CC=[N+]2[B-](F)(F)n2cccc21. The number of hydrogen-bond donors (Lipinski definition) is 0. The highest BCUT2D eigenvalue weighted by molar-refractivity contribution is 6.57. The minimum Gasteiger partial charge on any atom is -0.396 e. The summed E-state index contributed by atoms with van der Waals surface area (Å²) in [5.74, 6) is 0. The fourth-order valence-corrected chi connectivity index (χ4v) is 3.36. The second-order valence-electron chi connectivity index (χ2n) is 6.05. The number of hydrogen-bond acceptors (Lipinski definition) is 2. The molecule has 0 amide bonds. The van der Waals surface area contributed by atoms with E-state index in [2.05, 4.69) is 0 Å². The van der Waals surface area contributed by atoms with Gasteiger partial charge in [-0.3, -0.25) is 10.1 Å². The Morgan fingerprint density at radius 2 is 1.93 bits per heavy atom. The smallest absolute Gasteiger partial charge is 0.396 e. The minimum atomic E-state index is -4.77. The Balaban J connectivity index is 2.03. The number of aromatic nitrogens is 1. The maximum atomic E-state index is 14.7. The summed E-state index contributed by atoms with van der Waals surface area (Å²) < 4.78 is 69.7. The third-order valence-corrected chi connectivity index (χ3v) is 4.53. The molecule has 0 saturated heterocycles. The molecule has 1 aromatic carbocycles. The van der Waals surface area contributed by atoms with E-state index in [1.165, 1.54) is 24.3 Å². The molecule has 2 aliphatic rings. The molecule has 0 aliphatic carbocycles. The lowest BCUT2D eigenvalue weighted by Crippen LogP contribution is -2.49. The van der Waals surface area contributed by atoms with Crippen molar-refractivity contribution in [2.24, 2.45) is 0 Å². The number of fused-ring (bicyclic) bond motifs is 2. The molecule has 0 unspecified atom stereocenters. The van der Waals surface area contributed by atoms with Crippen molar-refractivity contribution in [2.75, 3.05) is 0 Å². The zero-order valence-corrected chi connectivity index (χ0v) is 13.3. The number of halogens is 5. The van der Waals surface area contributed by atoms with Gasteiger partial charge in [0.25, 0.3) is 5.69 Å². The standard InChI is InChI=1S/C16H9BF5N3O2/c18-16(19,20)10-5-6-11(14(9-10)25(26)27)15-12-3-1-7-23(12)17(21,22)24-8-2-4-13(15)24/h1-9H. The van der Waals surface area contributed by atoms with Crippen molar-refractivity contribution in [1.82, 2.24) is 4.48 Å². The Bertz CT molecular complexity index is 1080. The van der Waals surface area contributed by atoms with Crippen LogP contribution < -0.4 is 0 Å². The van der Waals surface area contributed by atoms with Crippen LogP contribution >= 0.6 is 0 Å². The molecule has 138 valence electrons. The van der Waals surface area contributed by atoms with E-state index in [1.54, 1.807) is 0 Å². The molecule has 0 fully saturated rings. The van der Waals surface area contributed by atoms with E-state index in [1.807, 2.05) is 0 Å². The van der Waals surface area contributed by atoms with Crippen molar-refractivity contribution >= 4 is 24.4 Å². The molecular formula is C16H9BF5N3O2. The topological polar surface area (TPSA) is 51.1 Å². The van der Waals surface area contributed by atoms with Crippen molar-refractivity contribution in [3.05, 3.63) is 81.3 Å². The molecule has 0 radical (unpaired) electrons. The summed E-state index contributed by atoms with van der Waals surface area (Å²) in [7, 11) is 0. The average molecular weight is 381 g/mol. The number of nitro benzene ring substituents is 1. The summed E-state index contributed by atoms with van der Waals surface area (Å²) in [4.78, 5) is 10.5. The second kappa shape index (κ2) is 5.38. The minimum absolute atomic E-state index is 0.00550. The van der Waals surface area contributed by atoms with E-state index in [-0.39, 0.29) is 22.5 Å². The highest BCUT2D eigenvalue weighted by atomic mass is 19.4. The van der Waals surface area contributed by atoms with Gasteiger partial charge in [-0.1, -0.05) is 0 Å². The molecule has 0 saturated carbocycles. The second-order valence-corrected chi connectivity index (χ2v) is 6.05. The van der Waals surface area contributed by atoms with Gasteiger partial charge in [0.1, 0.15) is 6.21 Å². The van der Waals surface area contributed by atoms with Crippen molar-refractivity contribution in [2.45, 2.75) is 6.18 Å². The van der Waals surface area contributed by atoms with Gasteiger partial charge in [-0.05, 0) is 30.5 Å². The Morgan fingerprint density at radius 3 is 2.59 bits per heavy atom. The van der Waals surface area contributed by atoms with Crippen LogP contribution in [0.5, 0.6) is 0 Å². The predicted molar refractivity (Wildman–Crippen MR) is 87.4 cm³/mol. The normalized spacial score (nSPS) is 17.6. The maximum Gasteiger partial charge on any atom is 0.737 e. The van der Waals surface area contributed by atoms with Crippen molar-refractivity contribution in [3.8, 4) is 0 Å². The summed E-state index contributed by atoms with van der Waals surface area (Å²) in [6, 6.07) is 4.77. The first-order valence-corrected chi connectivity index (χ1v) is 7.72. The monoisotopic (exact) mass is 381 g/mol. The Kier molecular flexibility index (Phi) is 3.43. The van der Waals surface area contributed by atoms with Crippen LogP contribution in [0.4, 0.5) is 27.5 Å². The number of alkyl halides is 3. The van der Waals surface area contributed by atoms with E-state index in [0.29, 0.717) is 21.1 Å². The zero-order valence-electron chi connectivity index (χ0n) is 13.3. The van der Waals surface area contributed by atoms with Crippen LogP contribution in [0, 0.1) is 10.1 Å². The summed E-state index contributed by atoms with van der Waals surface area (Å²) in [6.07, 6.45) is 0.204. The molecule has 27 heavy (non-hydrogen) atoms. The predicted octanol–water partition coefficient (Wildman–Crippen LogP) is 4.06. The highest BCUT2D eigenvalue weighted by Gasteiger charge is 2.52. The van der Waals surface area contributed by atoms with Gasteiger partial charge in [-0.15, -0.1) is 0 Å². The quantitative estimate of drug-likeness (QED) is 0.341. The lowest BCUT2D eigenvalue weighted by molar-refractivity contribution is -0.385. The highest BCUT2D eigenvalue weighted by Crippen LogP contribution is 2.42. The molecule has 4 rings (SSSR count). The van der Waals surface area contributed by atoms with Crippen LogP contribution in [0.15, 0.2) is 54.4 Å². The Morgan fingerprint density at radius 1 is 1.19 bits per heavy atom. The lowest BCUT2D eigenvalue weighted by atomic mass is 9.86. The van der Waals surface area contributed by atoms with Crippen LogP contribution in [0.2, 0.25) is 0 Å². The van der Waals surface area contributed by atoms with Gasteiger partial charge in [0.2, 0.25) is 0 Å². The molecule has 0 bridgehead atoms. The molecule has 0 atom stereocenters. The van der Waals surface area contributed by atoms with Gasteiger partial charge in [0, 0.05) is 23.9 Å². The zero-order chi connectivity index (χ0) is 19.6. The number of nitrogens with zero attached hydrogens (tertiary/aromatic N) is 3. The van der Waals surface area contributed by atoms with Gasteiger partial charge in [0.05, 0.1) is 21.6 Å². The number of allylic oxidation sites excluding steroid dienone is 2. The van der Waals surface area contributed by atoms with E-state index in [0.717, 1.165) is 18.5 Å². The molecule has 1 aromatic heterocycles. The van der Waals surface area contributed by atoms with Crippen molar-refractivity contribution in [3.63, 3.8) is 0 Å². The van der Waals surface area contributed by atoms with Crippen LogP contribution in [0.3, 0.4) is 0 Å². The summed E-state index contributed by atoms with van der Waals surface area (Å²) >= 11 is 0. The van der Waals surface area contributed by atoms with Crippen LogP contribution in [-0.4, -0.2) is 27.1 Å². The van der Waals surface area contributed by atoms with E-state index in [4.69, 9.17) is 0 Å². The molecule has 0 spiro atoms. The van der Waals surface area contributed by atoms with Gasteiger partial charge in [-0.25, -0.2) is 0 Å². The largest absolute Gasteiger partial charge is 0.737 e. The van der Waals surface area contributed by atoms with Crippen molar-refractivity contribution in [1.29, 1.82) is 0 Å². The van der Waals surface area contributed by atoms with Crippen LogP contribution in [0.1, 0.15) is 16.8 Å². The first-order chi connectivity index (χ1) is 12.6. The first kappa shape index (κ1) is 17.2. The van der Waals surface area contributed by atoms with E-state index < -0.39 is 29.3 Å². The molecule has 0 N–H and O–H groups in total. The van der Waals surface area contributed by atoms with E-state index in [9.17, 15) is 31.9 Å². The van der Waals surface area contributed by atoms with Gasteiger partial charge in [0.15, 0.2) is 5.70 Å². The Labute approximate surface area is 148 Å². The summed E-state index contributed by atoms with van der Waals surface area (Å²) in [6.45, 7) is -4.21. The van der Waals surface area contributed by atoms with Crippen LogP contribution in [-0.2, 0) is 6.18 Å². The molecule has 5 nitrogen and oxygen atoms in total. The number of rotatable bonds is 2. The number of benzene rings is 1. The van der Waals surface area contributed by atoms with E-state index >= 15 is 0 Å².